The number of hydrogen-bond acceptors (Lipinski definition) is 9. The molecule has 10 nitrogen and oxygen atoms in total. The molecule has 0 aromatic heterocycles. The van der Waals surface area contributed by atoms with Crippen molar-refractivity contribution in [3.8, 4) is 5.75 Å². The summed E-state index contributed by atoms with van der Waals surface area (Å²) in [6.07, 6.45) is -9.04. The van der Waals surface area contributed by atoms with Crippen LogP contribution in [0.2, 0.25) is 10.0 Å². The number of rotatable bonds is 8. The molecular weight excluding hydrogens is 490 g/mol. The van der Waals surface area contributed by atoms with Crippen molar-refractivity contribution in [1.29, 1.82) is 0 Å². The molecule has 176 valence electrons. The minimum absolute atomic E-state index is 0.0149. The Kier molecular flexibility index (Phi) is 8.38. The molecule has 0 spiro atoms. The van der Waals surface area contributed by atoms with Crippen LogP contribution in [-0.4, -0.2) is 49.0 Å². The van der Waals surface area contributed by atoms with E-state index in [1.54, 1.807) is 0 Å². The number of ether oxygens (including phenoxy) is 4. The first-order valence-corrected chi connectivity index (χ1v) is 9.36. The van der Waals surface area contributed by atoms with Gasteiger partial charge in [-0.05, 0) is 25.1 Å². The third-order valence-electron chi connectivity index (χ3n) is 3.78. The maximum atomic E-state index is 13.4. The summed E-state index contributed by atoms with van der Waals surface area (Å²) < 4.78 is 58.8. The van der Waals surface area contributed by atoms with Crippen LogP contribution in [0.5, 0.6) is 5.75 Å². The highest BCUT2D eigenvalue weighted by Crippen LogP contribution is 2.42. The van der Waals surface area contributed by atoms with Gasteiger partial charge in [0.2, 0.25) is 12.9 Å². The van der Waals surface area contributed by atoms with Crippen LogP contribution in [0.3, 0.4) is 0 Å². The fourth-order valence-electron chi connectivity index (χ4n) is 2.41. The van der Waals surface area contributed by atoms with E-state index in [1.165, 1.54) is 19.1 Å². The molecule has 0 bridgehead atoms. The Morgan fingerprint density at radius 3 is 2.59 bits per heavy atom. The molecule has 1 heterocycles. The predicted octanol–water partition coefficient (Wildman–Crippen LogP) is 4.34. The van der Waals surface area contributed by atoms with E-state index in [1.807, 2.05) is 0 Å². The Balaban J connectivity index is 1.99. The Hall–Kier alpha value is -2.93. The van der Waals surface area contributed by atoms with Gasteiger partial charge >= 0.3 is 18.3 Å². The summed E-state index contributed by atoms with van der Waals surface area (Å²) in [6.45, 7) is -0.0395. The number of carbonyl (C=O) groups excluding carboxylic acids is 2. The van der Waals surface area contributed by atoms with Gasteiger partial charge < -0.3 is 23.8 Å². The molecule has 1 aromatic rings. The smallest absolute Gasteiger partial charge is 0.474 e. The average Bonchev–Trinajstić information content (AvgIpc) is 2.65. The summed E-state index contributed by atoms with van der Waals surface area (Å²) in [5.74, 6) is -1.79. The van der Waals surface area contributed by atoms with E-state index in [4.69, 9.17) is 32.7 Å². The minimum Gasteiger partial charge on any atom is -0.474 e. The summed E-state index contributed by atoms with van der Waals surface area (Å²) in [4.78, 5) is 37.8. The molecule has 0 fully saturated rings. The van der Waals surface area contributed by atoms with E-state index >= 15 is 0 Å². The molecule has 0 saturated heterocycles. The Morgan fingerprint density at radius 1 is 1.28 bits per heavy atom. The van der Waals surface area contributed by atoms with Crippen molar-refractivity contribution < 1.29 is 51.6 Å². The van der Waals surface area contributed by atoms with Crippen LogP contribution in [0.15, 0.2) is 17.7 Å². The number of esters is 1. The lowest BCUT2D eigenvalue weighted by Gasteiger charge is -2.28. The molecule has 32 heavy (non-hydrogen) atoms. The maximum absolute atomic E-state index is 13.4. The standard InChI is InChI=1S/C17H14Cl2F3NO9/c1-8(2-3-30-23(26)27)31-16(25)29-7-28-15(24)11-5-9-4-10(18)6-12(19)13(9)32-14(11)17(20,21)22/h4-6,8,14H,2-3,7H2,1H3/t8-,14?/m0/s1. The Bertz CT molecular complexity index is 923. The number of fused-ring (bicyclic) bond motifs is 1. The molecule has 15 heteroatoms. The van der Waals surface area contributed by atoms with Gasteiger partial charge in [-0.15, -0.1) is 10.1 Å². The van der Waals surface area contributed by atoms with Crippen LogP contribution >= 0.6 is 23.2 Å². The molecule has 0 radical (unpaired) electrons. The third kappa shape index (κ3) is 7.05. The van der Waals surface area contributed by atoms with Crippen molar-refractivity contribution in [2.75, 3.05) is 13.4 Å². The lowest BCUT2D eigenvalue weighted by atomic mass is 10.0. The van der Waals surface area contributed by atoms with Crippen LogP contribution in [0.25, 0.3) is 6.08 Å². The van der Waals surface area contributed by atoms with Gasteiger partial charge in [0, 0.05) is 17.0 Å². The van der Waals surface area contributed by atoms with E-state index < -0.39 is 48.0 Å². The number of hydrogen-bond donors (Lipinski definition) is 0. The molecule has 0 saturated carbocycles. The van der Waals surface area contributed by atoms with Gasteiger partial charge in [-0.25, -0.2) is 9.59 Å². The number of benzene rings is 1. The highest BCUT2D eigenvalue weighted by Gasteiger charge is 2.49. The van der Waals surface area contributed by atoms with Gasteiger partial charge in [0.15, 0.2) is 0 Å². The zero-order chi connectivity index (χ0) is 24.1. The lowest BCUT2D eigenvalue weighted by Crippen LogP contribution is -2.41. The molecule has 0 aliphatic carbocycles. The van der Waals surface area contributed by atoms with Crippen LogP contribution in [0, 0.1) is 10.1 Å². The first kappa shape index (κ1) is 25.3. The summed E-state index contributed by atoms with van der Waals surface area (Å²) in [5.41, 5.74) is -0.911. The van der Waals surface area contributed by atoms with Crippen molar-refractivity contribution >= 4 is 41.4 Å². The number of carbonyl (C=O) groups is 2. The van der Waals surface area contributed by atoms with Crippen molar-refractivity contribution in [2.45, 2.75) is 31.7 Å². The summed E-state index contributed by atoms with van der Waals surface area (Å²) >= 11 is 11.7. The SMILES string of the molecule is C[C@@H](CCO[N+](=O)[O-])OC(=O)OCOC(=O)C1=Cc2cc(Cl)cc(Cl)c2OC1C(F)(F)F. The molecule has 1 unspecified atom stereocenters. The van der Waals surface area contributed by atoms with Crippen LogP contribution in [-0.2, 0) is 23.8 Å². The highest BCUT2D eigenvalue weighted by molar-refractivity contribution is 6.36. The zero-order valence-electron chi connectivity index (χ0n) is 16.0. The molecule has 0 N–H and O–H groups in total. The second-order valence-corrected chi connectivity index (χ2v) is 7.01. The van der Waals surface area contributed by atoms with E-state index in [9.17, 15) is 32.9 Å². The summed E-state index contributed by atoms with van der Waals surface area (Å²) in [5, 5.41) is 8.91. The fraction of sp³-hybridized carbons (Fsp3) is 0.412. The van der Waals surface area contributed by atoms with Gasteiger partial charge in [0.05, 0.1) is 17.2 Å². The Labute approximate surface area is 187 Å². The van der Waals surface area contributed by atoms with Crippen LogP contribution in [0.4, 0.5) is 18.0 Å². The second kappa shape index (κ2) is 10.6. The summed E-state index contributed by atoms with van der Waals surface area (Å²) in [6, 6.07) is 2.41. The normalized spacial score (nSPS) is 16.1. The largest absolute Gasteiger partial charge is 0.511 e. The molecule has 0 amide bonds. The maximum Gasteiger partial charge on any atom is 0.511 e. The van der Waals surface area contributed by atoms with E-state index in [-0.39, 0.29) is 34.4 Å². The van der Waals surface area contributed by atoms with Gasteiger partial charge in [-0.2, -0.15) is 13.2 Å². The van der Waals surface area contributed by atoms with Crippen molar-refractivity contribution in [2.24, 2.45) is 0 Å². The molecule has 1 aliphatic heterocycles. The zero-order valence-corrected chi connectivity index (χ0v) is 17.5. The fourth-order valence-corrected chi connectivity index (χ4v) is 2.96. The topological polar surface area (TPSA) is 123 Å². The Morgan fingerprint density at radius 2 is 1.97 bits per heavy atom. The van der Waals surface area contributed by atoms with E-state index in [2.05, 4.69) is 14.3 Å². The average molecular weight is 504 g/mol. The van der Waals surface area contributed by atoms with E-state index in [0.717, 1.165) is 6.08 Å². The quantitative estimate of drug-likeness (QED) is 0.220. The molecular formula is C17H14Cl2F3NO9. The van der Waals surface area contributed by atoms with E-state index in [0.29, 0.717) is 0 Å². The second-order valence-electron chi connectivity index (χ2n) is 6.16. The molecule has 2 atom stereocenters. The van der Waals surface area contributed by atoms with Crippen LogP contribution in [0.1, 0.15) is 18.9 Å². The monoisotopic (exact) mass is 503 g/mol. The first-order valence-electron chi connectivity index (χ1n) is 8.60. The van der Waals surface area contributed by atoms with Gasteiger partial charge in [0.1, 0.15) is 11.9 Å². The predicted molar refractivity (Wildman–Crippen MR) is 100 cm³/mol. The third-order valence-corrected chi connectivity index (χ3v) is 4.28. The van der Waals surface area contributed by atoms with Gasteiger partial charge in [-0.1, -0.05) is 23.2 Å². The van der Waals surface area contributed by atoms with Gasteiger partial charge in [-0.3, -0.25) is 0 Å². The number of alkyl halides is 3. The van der Waals surface area contributed by atoms with Crippen molar-refractivity contribution in [3.05, 3.63) is 43.4 Å². The molecule has 2 rings (SSSR count). The number of halogens is 5. The van der Waals surface area contributed by atoms with Gasteiger partial charge in [0.25, 0.3) is 5.09 Å². The first-order chi connectivity index (χ1) is 14.9. The van der Waals surface area contributed by atoms with Crippen LogP contribution < -0.4 is 4.74 Å². The molecule has 1 aliphatic rings. The summed E-state index contributed by atoms with van der Waals surface area (Å²) in [7, 11) is 0. The van der Waals surface area contributed by atoms with Crippen molar-refractivity contribution in [3.63, 3.8) is 0 Å². The highest BCUT2D eigenvalue weighted by atomic mass is 35.5. The number of nitrogens with zero attached hydrogens (tertiary/aromatic N) is 1. The van der Waals surface area contributed by atoms with Crippen molar-refractivity contribution in [1.82, 2.24) is 0 Å². The lowest BCUT2D eigenvalue weighted by molar-refractivity contribution is -0.758. The molecule has 1 aromatic carbocycles. The minimum atomic E-state index is -4.99.